The monoisotopic (exact) mass is 474 g/mol. The van der Waals surface area contributed by atoms with Crippen LogP contribution in [0.4, 0.5) is 0 Å². The van der Waals surface area contributed by atoms with Gasteiger partial charge in [0.2, 0.25) is 11.6 Å². The molecule has 0 aromatic heterocycles. The van der Waals surface area contributed by atoms with Gasteiger partial charge in [0, 0.05) is 22.3 Å². The van der Waals surface area contributed by atoms with Gasteiger partial charge < -0.3 is 10.9 Å². The number of nitrogens with zero attached hydrogens (tertiary/aromatic N) is 2. The van der Waals surface area contributed by atoms with Gasteiger partial charge in [-0.3, -0.25) is 9.59 Å². The predicted octanol–water partition coefficient (Wildman–Crippen LogP) is 4.74. The van der Waals surface area contributed by atoms with Crippen molar-refractivity contribution >= 4 is 23.0 Å². The van der Waals surface area contributed by atoms with Crippen LogP contribution < -0.4 is 10.9 Å². The van der Waals surface area contributed by atoms with Gasteiger partial charge in [-0.1, -0.05) is 121 Å². The molecule has 0 unspecified atom stereocenters. The lowest BCUT2D eigenvalue weighted by atomic mass is 10.0. The third-order valence-corrected chi connectivity index (χ3v) is 5.33. The molecule has 0 aliphatic heterocycles. The van der Waals surface area contributed by atoms with Crippen LogP contribution in [0.2, 0.25) is 0 Å². The summed E-state index contributed by atoms with van der Waals surface area (Å²) in [6.07, 6.45) is 0. The Balaban J connectivity index is 1.45. The fraction of sp³-hybridized carbons (Fsp3) is 0.0667. The second-order valence-electron chi connectivity index (χ2n) is 7.86. The van der Waals surface area contributed by atoms with E-state index in [4.69, 9.17) is 0 Å². The number of hydrogen-bond acceptors (Lipinski definition) is 6. The van der Waals surface area contributed by atoms with Crippen molar-refractivity contribution < 1.29 is 9.59 Å². The molecule has 6 nitrogen and oxygen atoms in total. The number of rotatable bonds is 11. The quantitative estimate of drug-likeness (QED) is 0.142. The zero-order valence-electron chi connectivity index (χ0n) is 19.7. The molecule has 0 amide bonds. The number of carbonyl (C=O) groups excluding carboxylic acids is 2. The average Bonchev–Trinajstić information content (AvgIpc) is 2.96. The van der Waals surface area contributed by atoms with Gasteiger partial charge in [0.05, 0.1) is 13.1 Å². The molecular weight excluding hydrogens is 448 g/mol. The van der Waals surface area contributed by atoms with E-state index in [-0.39, 0.29) is 11.6 Å². The molecule has 0 saturated heterocycles. The Labute approximate surface area is 210 Å². The number of carbonyl (C=O) groups is 2. The molecule has 0 saturated carbocycles. The highest BCUT2D eigenvalue weighted by atomic mass is 16.1. The molecule has 0 atom stereocenters. The number of ketones is 2. The lowest BCUT2D eigenvalue weighted by molar-refractivity contribution is 0.105. The molecule has 36 heavy (non-hydrogen) atoms. The van der Waals surface area contributed by atoms with Gasteiger partial charge in [0.25, 0.3) is 0 Å². The van der Waals surface area contributed by atoms with Gasteiger partial charge in [-0.15, -0.1) is 0 Å². The predicted molar refractivity (Wildman–Crippen MR) is 144 cm³/mol. The summed E-state index contributed by atoms with van der Waals surface area (Å²) >= 11 is 0. The van der Waals surface area contributed by atoms with Gasteiger partial charge in [0.15, 0.2) is 0 Å². The van der Waals surface area contributed by atoms with Gasteiger partial charge in [-0.2, -0.15) is 10.2 Å². The summed E-state index contributed by atoms with van der Waals surface area (Å²) in [5.74, 6) is -0.333. The summed E-state index contributed by atoms with van der Waals surface area (Å²) in [5, 5.41) is 8.78. The van der Waals surface area contributed by atoms with Crippen molar-refractivity contribution in [3.05, 3.63) is 144 Å². The molecule has 0 fully saturated rings. The van der Waals surface area contributed by atoms with E-state index in [2.05, 4.69) is 21.1 Å². The third kappa shape index (κ3) is 6.39. The molecule has 0 spiro atoms. The zero-order valence-corrected chi connectivity index (χ0v) is 19.7. The first-order chi connectivity index (χ1) is 17.7. The highest BCUT2D eigenvalue weighted by Gasteiger charge is 2.17. The minimum atomic E-state index is -0.167. The first-order valence-electron chi connectivity index (χ1n) is 11.7. The molecule has 4 rings (SSSR count). The summed E-state index contributed by atoms with van der Waals surface area (Å²) in [6, 6.07) is 36.8. The Morgan fingerprint density at radius 3 is 1.03 bits per heavy atom. The van der Waals surface area contributed by atoms with Crippen LogP contribution in [0.15, 0.2) is 132 Å². The van der Waals surface area contributed by atoms with Crippen LogP contribution in [-0.2, 0) is 0 Å². The summed E-state index contributed by atoms with van der Waals surface area (Å²) in [4.78, 5) is 26.2. The fourth-order valence-corrected chi connectivity index (χ4v) is 3.52. The Hall–Kier alpha value is -4.84. The topological polar surface area (TPSA) is 82.9 Å². The van der Waals surface area contributed by atoms with Crippen molar-refractivity contribution in [2.45, 2.75) is 0 Å². The molecule has 0 aliphatic carbocycles. The maximum Gasteiger partial charge on any atom is 0.213 e. The number of hydrazone groups is 2. The minimum Gasteiger partial charge on any atom is -0.308 e. The molecule has 0 aliphatic rings. The molecule has 178 valence electrons. The van der Waals surface area contributed by atoms with Crippen LogP contribution in [0.5, 0.6) is 0 Å². The van der Waals surface area contributed by atoms with Crippen molar-refractivity contribution in [2.24, 2.45) is 10.2 Å². The zero-order chi connectivity index (χ0) is 25.0. The third-order valence-electron chi connectivity index (χ3n) is 5.33. The molecule has 4 aromatic carbocycles. The standard InChI is InChI=1S/C30H26N4O2/c35-29(25-17-9-3-10-18-25)27(23-13-5-1-6-14-23)33-31-21-22-32-34-28(24-15-7-2-8-16-24)30(36)26-19-11-4-12-20-26/h1-20,31-32H,21-22H2/b33-27-,34-28-. The average molecular weight is 475 g/mol. The van der Waals surface area contributed by atoms with Gasteiger partial charge in [0.1, 0.15) is 11.4 Å². The van der Waals surface area contributed by atoms with Gasteiger partial charge in [-0.05, 0) is 0 Å². The van der Waals surface area contributed by atoms with Crippen molar-refractivity contribution in [3.63, 3.8) is 0 Å². The van der Waals surface area contributed by atoms with E-state index < -0.39 is 0 Å². The fourth-order valence-electron chi connectivity index (χ4n) is 3.52. The molecule has 4 aromatic rings. The van der Waals surface area contributed by atoms with E-state index >= 15 is 0 Å². The minimum absolute atomic E-state index is 0.167. The van der Waals surface area contributed by atoms with E-state index in [1.807, 2.05) is 97.1 Å². The van der Waals surface area contributed by atoms with Crippen molar-refractivity contribution in [3.8, 4) is 0 Å². The van der Waals surface area contributed by atoms with Gasteiger partial charge >= 0.3 is 0 Å². The number of hydrogen-bond donors (Lipinski definition) is 2. The summed E-state index contributed by atoms with van der Waals surface area (Å²) in [7, 11) is 0. The van der Waals surface area contributed by atoms with E-state index in [0.29, 0.717) is 35.6 Å². The number of nitrogens with one attached hydrogen (secondary N) is 2. The van der Waals surface area contributed by atoms with Crippen LogP contribution in [0.1, 0.15) is 31.8 Å². The Kier molecular flexibility index (Phi) is 8.48. The SMILES string of the molecule is O=C(/C(=N\NCCN/N=C(\C(=O)c1ccccc1)c1ccccc1)c1ccccc1)c1ccccc1. The lowest BCUT2D eigenvalue weighted by Gasteiger charge is -2.09. The van der Waals surface area contributed by atoms with Gasteiger partial charge in [-0.25, -0.2) is 0 Å². The van der Waals surface area contributed by atoms with E-state index in [9.17, 15) is 9.59 Å². The lowest BCUT2D eigenvalue weighted by Crippen LogP contribution is -2.27. The van der Waals surface area contributed by atoms with Crippen LogP contribution in [-0.4, -0.2) is 36.1 Å². The molecule has 0 heterocycles. The number of Topliss-reactive ketones (excluding diaryl/α,β-unsaturated/α-hetero) is 2. The summed E-state index contributed by atoms with van der Waals surface area (Å²) in [6.45, 7) is 0.785. The van der Waals surface area contributed by atoms with E-state index in [0.717, 1.165) is 11.1 Å². The van der Waals surface area contributed by atoms with Crippen molar-refractivity contribution in [2.75, 3.05) is 13.1 Å². The highest BCUT2D eigenvalue weighted by Crippen LogP contribution is 2.10. The smallest absolute Gasteiger partial charge is 0.213 e. The van der Waals surface area contributed by atoms with Crippen LogP contribution in [0.25, 0.3) is 0 Å². The second kappa shape index (κ2) is 12.6. The van der Waals surface area contributed by atoms with Crippen LogP contribution >= 0.6 is 0 Å². The largest absolute Gasteiger partial charge is 0.308 e. The normalized spacial score (nSPS) is 11.6. The Morgan fingerprint density at radius 1 is 0.444 bits per heavy atom. The van der Waals surface area contributed by atoms with E-state index in [1.165, 1.54) is 0 Å². The highest BCUT2D eigenvalue weighted by molar-refractivity contribution is 6.52. The first kappa shape index (κ1) is 24.3. The van der Waals surface area contributed by atoms with Crippen LogP contribution in [0, 0.1) is 0 Å². The maximum atomic E-state index is 13.1. The van der Waals surface area contributed by atoms with Crippen molar-refractivity contribution in [1.82, 2.24) is 10.9 Å². The summed E-state index contributed by atoms with van der Waals surface area (Å²) in [5.41, 5.74) is 9.16. The molecule has 6 heteroatoms. The summed E-state index contributed by atoms with van der Waals surface area (Å²) < 4.78 is 0. The Morgan fingerprint density at radius 2 is 0.722 bits per heavy atom. The molecule has 2 N–H and O–H groups in total. The molecular formula is C30H26N4O2. The second-order valence-corrected chi connectivity index (χ2v) is 7.86. The Bertz CT molecular complexity index is 1230. The number of benzene rings is 4. The first-order valence-corrected chi connectivity index (χ1v) is 11.7. The maximum absolute atomic E-state index is 13.1. The molecule has 0 bridgehead atoms. The van der Waals surface area contributed by atoms with Crippen LogP contribution in [0.3, 0.4) is 0 Å². The van der Waals surface area contributed by atoms with Crippen molar-refractivity contribution in [1.29, 1.82) is 0 Å². The van der Waals surface area contributed by atoms with E-state index in [1.54, 1.807) is 24.3 Å². The molecule has 0 radical (unpaired) electrons.